The molecular formula is C14H16N4O. The summed E-state index contributed by atoms with van der Waals surface area (Å²) >= 11 is 0. The number of carbonyl (C=O) groups excluding carboxylic acids is 1. The van der Waals surface area contributed by atoms with Gasteiger partial charge in [-0.2, -0.15) is 0 Å². The molecule has 1 amide bonds. The third-order valence-corrected chi connectivity index (χ3v) is 2.65. The molecule has 98 valence electrons. The van der Waals surface area contributed by atoms with Crippen molar-refractivity contribution in [2.24, 2.45) is 0 Å². The van der Waals surface area contributed by atoms with Crippen molar-refractivity contribution in [2.45, 2.75) is 13.8 Å². The van der Waals surface area contributed by atoms with Crippen molar-refractivity contribution in [3.63, 3.8) is 0 Å². The zero-order valence-corrected chi connectivity index (χ0v) is 11.0. The minimum atomic E-state index is -0.157. The van der Waals surface area contributed by atoms with E-state index in [1.54, 1.807) is 36.8 Å². The maximum absolute atomic E-state index is 12.1. The number of nitrogens with one attached hydrogen (secondary N) is 2. The van der Waals surface area contributed by atoms with E-state index in [9.17, 15) is 4.79 Å². The second-order valence-corrected chi connectivity index (χ2v) is 4.10. The number of rotatable bonds is 4. The molecule has 0 saturated heterocycles. The molecule has 0 saturated carbocycles. The lowest BCUT2D eigenvalue weighted by Crippen LogP contribution is -2.13. The van der Waals surface area contributed by atoms with Gasteiger partial charge in [-0.1, -0.05) is 0 Å². The Hall–Kier alpha value is -2.43. The number of nitrogens with zero attached hydrogens (tertiary/aromatic N) is 2. The molecule has 5 nitrogen and oxygen atoms in total. The molecule has 2 aromatic rings. The fourth-order valence-corrected chi connectivity index (χ4v) is 1.66. The topological polar surface area (TPSA) is 66.9 Å². The Balaban J connectivity index is 2.16. The first-order valence-corrected chi connectivity index (χ1v) is 6.12. The van der Waals surface area contributed by atoms with Crippen LogP contribution in [0.4, 0.5) is 11.5 Å². The number of aryl methyl sites for hydroxylation is 1. The number of hydrogen-bond acceptors (Lipinski definition) is 4. The molecular weight excluding hydrogens is 240 g/mol. The van der Waals surface area contributed by atoms with Crippen molar-refractivity contribution in [2.75, 3.05) is 17.2 Å². The van der Waals surface area contributed by atoms with Crippen molar-refractivity contribution in [1.82, 2.24) is 9.97 Å². The van der Waals surface area contributed by atoms with Crippen LogP contribution in [0.3, 0.4) is 0 Å². The number of pyridine rings is 2. The summed E-state index contributed by atoms with van der Waals surface area (Å²) in [5, 5.41) is 5.94. The van der Waals surface area contributed by atoms with E-state index in [4.69, 9.17) is 0 Å². The van der Waals surface area contributed by atoms with Gasteiger partial charge in [-0.15, -0.1) is 0 Å². The molecule has 5 heteroatoms. The monoisotopic (exact) mass is 256 g/mol. The normalized spacial score (nSPS) is 10.0. The third-order valence-electron chi connectivity index (χ3n) is 2.65. The molecule has 0 spiro atoms. The van der Waals surface area contributed by atoms with Crippen molar-refractivity contribution in [3.8, 4) is 0 Å². The molecule has 2 N–H and O–H groups in total. The average molecular weight is 256 g/mol. The van der Waals surface area contributed by atoms with Gasteiger partial charge in [0.15, 0.2) is 0 Å². The molecule has 0 atom stereocenters. The summed E-state index contributed by atoms with van der Waals surface area (Å²) in [5.74, 6) is 0.539. The highest BCUT2D eigenvalue weighted by molar-refractivity contribution is 6.04. The molecule has 0 unspecified atom stereocenters. The first-order valence-electron chi connectivity index (χ1n) is 6.12. The maximum atomic E-state index is 12.1. The molecule has 0 bridgehead atoms. The Morgan fingerprint density at radius 2 is 2.16 bits per heavy atom. The predicted molar refractivity (Wildman–Crippen MR) is 75.3 cm³/mol. The van der Waals surface area contributed by atoms with Gasteiger partial charge in [0.1, 0.15) is 5.82 Å². The van der Waals surface area contributed by atoms with Gasteiger partial charge >= 0.3 is 0 Å². The summed E-state index contributed by atoms with van der Waals surface area (Å²) in [4.78, 5) is 20.3. The number of carbonyl (C=O) groups is 1. The molecule has 2 heterocycles. The fourth-order valence-electron chi connectivity index (χ4n) is 1.66. The van der Waals surface area contributed by atoms with Gasteiger partial charge < -0.3 is 10.6 Å². The zero-order chi connectivity index (χ0) is 13.7. The Labute approximate surface area is 112 Å². The van der Waals surface area contributed by atoms with E-state index < -0.39 is 0 Å². The molecule has 2 aromatic heterocycles. The summed E-state index contributed by atoms with van der Waals surface area (Å²) in [5.41, 5.74) is 2.26. The Morgan fingerprint density at radius 1 is 1.32 bits per heavy atom. The highest BCUT2D eigenvalue weighted by atomic mass is 16.1. The van der Waals surface area contributed by atoms with Gasteiger partial charge in [0.2, 0.25) is 0 Å². The number of anilines is 2. The van der Waals surface area contributed by atoms with Crippen LogP contribution in [0.2, 0.25) is 0 Å². The van der Waals surface area contributed by atoms with Crippen LogP contribution in [0.25, 0.3) is 0 Å². The van der Waals surface area contributed by atoms with Gasteiger partial charge in [0.25, 0.3) is 5.91 Å². The van der Waals surface area contributed by atoms with Crippen molar-refractivity contribution in [3.05, 3.63) is 47.9 Å². The van der Waals surface area contributed by atoms with E-state index in [1.807, 2.05) is 13.8 Å². The number of hydrogen-bond donors (Lipinski definition) is 2. The van der Waals surface area contributed by atoms with Gasteiger partial charge in [-0.05, 0) is 37.6 Å². The van der Waals surface area contributed by atoms with E-state index in [0.717, 1.165) is 17.8 Å². The summed E-state index contributed by atoms with van der Waals surface area (Å²) in [6.07, 6.45) is 4.98. The standard InChI is InChI=1S/C14H16N4O/c1-3-16-13-8-11(4-7-17-13)14(19)18-12-5-6-15-9-10(12)2/h4-9H,3H2,1-2H3,(H,16,17)(H,15,18,19). The molecule has 0 aliphatic rings. The lowest BCUT2D eigenvalue weighted by atomic mass is 10.2. The summed E-state index contributed by atoms with van der Waals surface area (Å²) in [7, 11) is 0. The van der Waals surface area contributed by atoms with E-state index in [-0.39, 0.29) is 5.91 Å². The van der Waals surface area contributed by atoms with Crippen molar-refractivity contribution < 1.29 is 4.79 Å². The number of amides is 1. The maximum Gasteiger partial charge on any atom is 0.255 e. The van der Waals surface area contributed by atoms with Crippen LogP contribution in [0.5, 0.6) is 0 Å². The highest BCUT2D eigenvalue weighted by Gasteiger charge is 2.08. The quantitative estimate of drug-likeness (QED) is 0.881. The molecule has 0 fully saturated rings. The minimum absolute atomic E-state index is 0.157. The van der Waals surface area contributed by atoms with Crippen molar-refractivity contribution >= 4 is 17.4 Å². The molecule has 2 rings (SSSR count). The predicted octanol–water partition coefficient (Wildman–Crippen LogP) is 2.47. The second-order valence-electron chi connectivity index (χ2n) is 4.10. The molecule has 0 radical (unpaired) electrons. The fraction of sp³-hybridized carbons (Fsp3) is 0.214. The van der Waals surface area contributed by atoms with Crippen LogP contribution in [-0.2, 0) is 0 Å². The molecule has 0 aromatic carbocycles. The zero-order valence-electron chi connectivity index (χ0n) is 11.0. The summed E-state index contributed by atoms with van der Waals surface area (Å²) in [6, 6.07) is 5.20. The third kappa shape index (κ3) is 3.28. The molecule has 0 aliphatic carbocycles. The lowest BCUT2D eigenvalue weighted by Gasteiger charge is -2.08. The minimum Gasteiger partial charge on any atom is -0.370 e. The number of aromatic nitrogens is 2. The Bertz CT molecular complexity index is 583. The van der Waals surface area contributed by atoms with Crippen LogP contribution in [0.15, 0.2) is 36.8 Å². The average Bonchev–Trinajstić information content (AvgIpc) is 2.42. The van der Waals surface area contributed by atoms with Gasteiger partial charge in [-0.25, -0.2) is 4.98 Å². The van der Waals surface area contributed by atoms with Crippen LogP contribution < -0.4 is 10.6 Å². The summed E-state index contributed by atoms with van der Waals surface area (Å²) < 4.78 is 0. The van der Waals surface area contributed by atoms with E-state index in [2.05, 4.69) is 20.6 Å². The molecule has 19 heavy (non-hydrogen) atoms. The highest BCUT2D eigenvalue weighted by Crippen LogP contribution is 2.14. The van der Waals surface area contributed by atoms with Crippen LogP contribution >= 0.6 is 0 Å². The van der Waals surface area contributed by atoms with Gasteiger partial charge in [0, 0.05) is 36.4 Å². The largest absolute Gasteiger partial charge is 0.370 e. The van der Waals surface area contributed by atoms with Crippen LogP contribution in [0.1, 0.15) is 22.8 Å². The first-order chi connectivity index (χ1) is 9.20. The first kappa shape index (κ1) is 13.0. The van der Waals surface area contributed by atoms with Gasteiger partial charge in [-0.3, -0.25) is 9.78 Å². The van der Waals surface area contributed by atoms with E-state index >= 15 is 0 Å². The lowest BCUT2D eigenvalue weighted by molar-refractivity contribution is 0.102. The van der Waals surface area contributed by atoms with Crippen molar-refractivity contribution in [1.29, 1.82) is 0 Å². The van der Waals surface area contributed by atoms with E-state index in [0.29, 0.717) is 11.4 Å². The van der Waals surface area contributed by atoms with Crippen LogP contribution in [0, 0.1) is 6.92 Å². The van der Waals surface area contributed by atoms with E-state index in [1.165, 1.54) is 0 Å². The second kappa shape index (κ2) is 5.95. The smallest absolute Gasteiger partial charge is 0.255 e. The van der Waals surface area contributed by atoms with Crippen LogP contribution in [-0.4, -0.2) is 22.4 Å². The SMILES string of the molecule is CCNc1cc(C(=O)Nc2ccncc2C)ccn1. The Morgan fingerprint density at radius 3 is 2.89 bits per heavy atom. The van der Waals surface area contributed by atoms with Gasteiger partial charge in [0.05, 0.1) is 0 Å². The summed E-state index contributed by atoms with van der Waals surface area (Å²) in [6.45, 7) is 4.65. The molecule has 0 aliphatic heterocycles. The Kier molecular flexibility index (Phi) is 4.07.